The fourth-order valence-electron chi connectivity index (χ4n) is 3.08. The van der Waals surface area contributed by atoms with E-state index in [4.69, 9.17) is 4.98 Å². The first-order valence-electron chi connectivity index (χ1n) is 9.56. The predicted molar refractivity (Wildman–Crippen MR) is 113 cm³/mol. The summed E-state index contributed by atoms with van der Waals surface area (Å²) in [7, 11) is 0. The normalized spacial score (nSPS) is 10.8. The molecule has 0 bridgehead atoms. The van der Waals surface area contributed by atoms with Crippen LogP contribution in [0.1, 0.15) is 30.8 Å². The summed E-state index contributed by atoms with van der Waals surface area (Å²) in [5.74, 6) is 2.63. The van der Waals surface area contributed by atoms with Gasteiger partial charge in [-0.3, -0.25) is 0 Å². The zero-order chi connectivity index (χ0) is 19.1. The van der Waals surface area contributed by atoms with E-state index in [0.29, 0.717) is 6.04 Å². The lowest BCUT2D eigenvalue weighted by molar-refractivity contribution is 0.669. The maximum atomic E-state index is 4.69. The molecule has 0 fully saturated rings. The molecule has 0 radical (unpaired) electrons. The van der Waals surface area contributed by atoms with Gasteiger partial charge in [0.25, 0.3) is 0 Å². The molecule has 0 aliphatic heterocycles. The van der Waals surface area contributed by atoms with Crippen LogP contribution in [0, 0.1) is 6.92 Å². The Balaban J connectivity index is 1.72. The summed E-state index contributed by atoms with van der Waals surface area (Å²) >= 11 is 0. The maximum Gasteiger partial charge on any atom is 0.134 e. The Morgan fingerprint density at radius 2 is 1.52 bits per heavy atom. The molecule has 0 saturated heterocycles. The van der Waals surface area contributed by atoms with Gasteiger partial charge in [-0.15, -0.1) is 0 Å². The Labute approximate surface area is 162 Å². The molecule has 140 valence electrons. The van der Waals surface area contributed by atoms with Gasteiger partial charge in [-0.2, -0.15) is 0 Å². The molecule has 0 saturated carbocycles. The Kier molecular flexibility index (Phi) is 6.42. The number of aryl methyl sites for hydroxylation is 1. The molecule has 0 amide bonds. The number of aromatic nitrogens is 2. The number of benzene rings is 2. The molecular weight excluding hydrogens is 332 g/mol. The number of hydrogen-bond acceptors (Lipinski definition) is 4. The third-order valence-electron chi connectivity index (χ3n) is 4.50. The molecule has 1 heterocycles. The fourth-order valence-corrected chi connectivity index (χ4v) is 3.08. The van der Waals surface area contributed by atoms with E-state index in [0.717, 1.165) is 37.0 Å². The van der Waals surface area contributed by atoms with Crippen LogP contribution in [-0.2, 0) is 13.0 Å². The van der Waals surface area contributed by atoms with Gasteiger partial charge in [0.1, 0.15) is 17.5 Å². The van der Waals surface area contributed by atoms with E-state index in [9.17, 15) is 0 Å². The van der Waals surface area contributed by atoms with Crippen LogP contribution in [0.25, 0.3) is 0 Å². The quantitative estimate of drug-likeness (QED) is 0.623. The zero-order valence-electron chi connectivity index (χ0n) is 16.4. The minimum Gasteiger partial charge on any atom is -0.370 e. The van der Waals surface area contributed by atoms with E-state index in [2.05, 4.69) is 83.6 Å². The summed E-state index contributed by atoms with van der Waals surface area (Å²) in [6.07, 6.45) is 0.969. The van der Waals surface area contributed by atoms with Crippen molar-refractivity contribution in [2.45, 2.75) is 39.8 Å². The van der Waals surface area contributed by atoms with Crippen LogP contribution in [0.4, 0.5) is 11.6 Å². The maximum absolute atomic E-state index is 4.69. The second-order valence-electron chi connectivity index (χ2n) is 7.03. The molecule has 4 heteroatoms. The van der Waals surface area contributed by atoms with Gasteiger partial charge < -0.3 is 10.2 Å². The van der Waals surface area contributed by atoms with Crippen LogP contribution >= 0.6 is 0 Å². The highest BCUT2D eigenvalue weighted by atomic mass is 15.2. The molecule has 1 N–H and O–H groups in total. The van der Waals surface area contributed by atoms with Crippen LogP contribution < -0.4 is 10.2 Å². The van der Waals surface area contributed by atoms with Crippen molar-refractivity contribution in [3.63, 3.8) is 0 Å². The number of rotatable bonds is 8. The summed E-state index contributed by atoms with van der Waals surface area (Å²) < 4.78 is 0. The SMILES string of the molecule is Cc1nc(NCCc2ccccc2)cc(N(Cc2ccccc2)C(C)C)n1. The van der Waals surface area contributed by atoms with Gasteiger partial charge in [-0.1, -0.05) is 60.7 Å². The molecule has 0 spiro atoms. The highest BCUT2D eigenvalue weighted by Gasteiger charge is 2.14. The number of nitrogens with one attached hydrogen (secondary N) is 1. The third kappa shape index (κ3) is 5.55. The first kappa shape index (κ1) is 18.9. The minimum atomic E-state index is 0.344. The highest BCUT2D eigenvalue weighted by Crippen LogP contribution is 2.21. The van der Waals surface area contributed by atoms with Gasteiger partial charge in [0.2, 0.25) is 0 Å². The van der Waals surface area contributed by atoms with Crippen molar-refractivity contribution in [2.24, 2.45) is 0 Å². The van der Waals surface area contributed by atoms with E-state index in [-0.39, 0.29) is 0 Å². The molecule has 27 heavy (non-hydrogen) atoms. The Bertz CT molecular complexity index is 832. The second kappa shape index (κ2) is 9.17. The summed E-state index contributed by atoms with van der Waals surface area (Å²) in [5, 5.41) is 3.45. The van der Waals surface area contributed by atoms with Crippen molar-refractivity contribution in [2.75, 3.05) is 16.8 Å². The summed E-state index contributed by atoms with van der Waals surface area (Å²) in [5.41, 5.74) is 2.60. The van der Waals surface area contributed by atoms with E-state index in [1.807, 2.05) is 19.1 Å². The monoisotopic (exact) mass is 360 g/mol. The molecule has 4 nitrogen and oxygen atoms in total. The van der Waals surface area contributed by atoms with Crippen molar-refractivity contribution in [3.8, 4) is 0 Å². The van der Waals surface area contributed by atoms with Crippen molar-refractivity contribution < 1.29 is 0 Å². The van der Waals surface area contributed by atoms with Crippen LogP contribution in [0.15, 0.2) is 66.7 Å². The van der Waals surface area contributed by atoms with Crippen LogP contribution in [0.3, 0.4) is 0 Å². The van der Waals surface area contributed by atoms with Gasteiger partial charge >= 0.3 is 0 Å². The van der Waals surface area contributed by atoms with E-state index < -0.39 is 0 Å². The molecular formula is C23H28N4. The molecule has 2 aromatic carbocycles. The van der Waals surface area contributed by atoms with Gasteiger partial charge in [0.05, 0.1) is 0 Å². The standard InChI is InChI=1S/C23H28N4/c1-18(2)27(17-21-12-8-5-9-13-21)23-16-22(25-19(3)26-23)24-15-14-20-10-6-4-7-11-20/h4-13,16,18H,14-15,17H2,1-3H3,(H,24,25,26). The molecule has 3 rings (SSSR count). The first-order valence-corrected chi connectivity index (χ1v) is 9.56. The van der Waals surface area contributed by atoms with E-state index in [1.165, 1.54) is 11.1 Å². The van der Waals surface area contributed by atoms with Gasteiger partial charge in [-0.25, -0.2) is 9.97 Å². The number of anilines is 2. The third-order valence-corrected chi connectivity index (χ3v) is 4.50. The lowest BCUT2D eigenvalue weighted by Gasteiger charge is -2.28. The number of hydrogen-bond donors (Lipinski definition) is 1. The van der Waals surface area contributed by atoms with E-state index in [1.54, 1.807) is 0 Å². The van der Waals surface area contributed by atoms with Gasteiger partial charge in [0, 0.05) is 25.2 Å². The highest BCUT2D eigenvalue weighted by molar-refractivity contribution is 5.50. The average Bonchev–Trinajstić information content (AvgIpc) is 2.67. The van der Waals surface area contributed by atoms with E-state index >= 15 is 0 Å². The van der Waals surface area contributed by atoms with Crippen molar-refractivity contribution in [1.29, 1.82) is 0 Å². The molecule has 1 aromatic heterocycles. The molecule has 0 unspecified atom stereocenters. The second-order valence-corrected chi connectivity index (χ2v) is 7.03. The lowest BCUT2D eigenvalue weighted by Crippen LogP contribution is -2.31. The van der Waals surface area contributed by atoms with Crippen molar-refractivity contribution in [3.05, 3.63) is 83.7 Å². The Hall–Kier alpha value is -2.88. The Morgan fingerprint density at radius 3 is 2.15 bits per heavy atom. The van der Waals surface area contributed by atoms with Crippen LogP contribution in [-0.4, -0.2) is 22.6 Å². The van der Waals surface area contributed by atoms with Gasteiger partial charge in [0.15, 0.2) is 0 Å². The zero-order valence-corrected chi connectivity index (χ0v) is 16.4. The van der Waals surface area contributed by atoms with Crippen molar-refractivity contribution >= 4 is 11.6 Å². The molecule has 0 aliphatic rings. The fraction of sp³-hybridized carbons (Fsp3) is 0.304. The van der Waals surface area contributed by atoms with Gasteiger partial charge in [-0.05, 0) is 38.3 Å². The summed E-state index contributed by atoms with van der Waals surface area (Å²) in [6, 6.07) is 23.4. The molecule has 0 aliphatic carbocycles. The molecule has 0 atom stereocenters. The average molecular weight is 361 g/mol. The largest absolute Gasteiger partial charge is 0.370 e. The topological polar surface area (TPSA) is 41.1 Å². The summed E-state index contributed by atoms with van der Waals surface area (Å²) in [6.45, 7) is 8.03. The molecule has 3 aromatic rings. The Morgan fingerprint density at radius 1 is 0.889 bits per heavy atom. The first-order chi connectivity index (χ1) is 13.1. The van der Waals surface area contributed by atoms with Crippen LogP contribution in [0.5, 0.6) is 0 Å². The summed E-state index contributed by atoms with van der Waals surface area (Å²) in [4.78, 5) is 11.6. The lowest BCUT2D eigenvalue weighted by atomic mass is 10.1. The minimum absolute atomic E-state index is 0.344. The predicted octanol–water partition coefficient (Wildman–Crippen LogP) is 4.85. The smallest absolute Gasteiger partial charge is 0.134 e. The number of nitrogens with zero attached hydrogens (tertiary/aromatic N) is 3. The van der Waals surface area contributed by atoms with Crippen molar-refractivity contribution in [1.82, 2.24) is 9.97 Å². The van der Waals surface area contributed by atoms with Crippen LogP contribution in [0.2, 0.25) is 0 Å².